The molecule has 0 bridgehead atoms. The molecule has 0 aliphatic heterocycles. The normalized spacial score (nSPS) is 16.3. The Morgan fingerprint density at radius 3 is 2.50 bits per heavy atom. The van der Waals surface area contributed by atoms with Crippen molar-refractivity contribution in [2.24, 2.45) is 5.92 Å². The van der Waals surface area contributed by atoms with Crippen LogP contribution >= 0.6 is 0 Å². The summed E-state index contributed by atoms with van der Waals surface area (Å²) in [7, 11) is 0. The van der Waals surface area contributed by atoms with Crippen molar-refractivity contribution >= 4 is 5.97 Å². The lowest BCUT2D eigenvalue weighted by molar-refractivity contribution is -0.307. The van der Waals surface area contributed by atoms with Crippen LogP contribution in [0.4, 0.5) is 0 Å². The number of carbonyl (C=O) groups is 1. The molecule has 10 heavy (non-hydrogen) atoms. The molecule has 2 unspecified atom stereocenters. The summed E-state index contributed by atoms with van der Waals surface area (Å²) in [5.41, 5.74) is 0. The van der Waals surface area contributed by atoms with Gasteiger partial charge in [0.15, 0.2) is 0 Å². The molecule has 0 rings (SSSR count). The number of carboxylic acid groups (broad SMARTS) is 1. The largest absolute Gasteiger partial charge is 0.550 e. The molecule has 0 saturated heterocycles. The molecule has 0 aliphatic carbocycles. The highest BCUT2D eigenvalue weighted by Gasteiger charge is 2.11. The van der Waals surface area contributed by atoms with Crippen molar-refractivity contribution in [2.45, 2.75) is 32.8 Å². The van der Waals surface area contributed by atoms with Gasteiger partial charge in [-0.1, -0.05) is 20.3 Å². The van der Waals surface area contributed by atoms with Gasteiger partial charge < -0.3 is 15.0 Å². The van der Waals surface area contributed by atoms with Crippen molar-refractivity contribution < 1.29 is 15.0 Å². The van der Waals surface area contributed by atoms with E-state index in [-0.39, 0.29) is 12.3 Å². The monoisotopic (exact) mass is 145 g/mol. The van der Waals surface area contributed by atoms with E-state index < -0.39 is 12.1 Å². The number of aliphatic hydroxyl groups excluding tert-OH is 1. The summed E-state index contributed by atoms with van der Waals surface area (Å²) >= 11 is 0. The number of carboxylic acids is 1. The van der Waals surface area contributed by atoms with Crippen molar-refractivity contribution in [3.63, 3.8) is 0 Å². The van der Waals surface area contributed by atoms with E-state index in [0.717, 1.165) is 6.42 Å². The van der Waals surface area contributed by atoms with Gasteiger partial charge in [0.1, 0.15) is 0 Å². The fourth-order valence-corrected chi connectivity index (χ4v) is 0.644. The zero-order valence-electron chi connectivity index (χ0n) is 6.33. The first kappa shape index (κ1) is 9.43. The minimum atomic E-state index is -1.19. The molecule has 0 aromatic heterocycles. The van der Waals surface area contributed by atoms with Crippen LogP contribution in [0.15, 0.2) is 0 Å². The number of aliphatic hydroxyl groups is 1. The molecule has 0 fully saturated rings. The van der Waals surface area contributed by atoms with Crippen molar-refractivity contribution in [1.29, 1.82) is 0 Å². The SMILES string of the molecule is CCC(C)C(O)CC(=O)[O-]. The van der Waals surface area contributed by atoms with Gasteiger partial charge in [0, 0.05) is 12.4 Å². The van der Waals surface area contributed by atoms with E-state index in [1.807, 2.05) is 13.8 Å². The first-order chi connectivity index (χ1) is 4.57. The van der Waals surface area contributed by atoms with E-state index in [0.29, 0.717) is 0 Å². The van der Waals surface area contributed by atoms with Crippen molar-refractivity contribution in [2.75, 3.05) is 0 Å². The Bertz CT molecular complexity index is 111. The summed E-state index contributed by atoms with van der Waals surface area (Å²) in [6, 6.07) is 0. The Labute approximate surface area is 60.7 Å². The Hall–Kier alpha value is -0.570. The second kappa shape index (κ2) is 4.28. The van der Waals surface area contributed by atoms with Gasteiger partial charge in [-0.05, 0) is 5.92 Å². The Kier molecular flexibility index (Phi) is 4.03. The van der Waals surface area contributed by atoms with E-state index in [9.17, 15) is 9.90 Å². The molecule has 2 atom stereocenters. The summed E-state index contributed by atoms with van der Waals surface area (Å²) in [4.78, 5) is 9.96. The van der Waals surface area contributed by atoms with Crippen LogP contribution in [0.3, 0.4) is 0 Å². The minimum Gasteiger partial charge on any atom is -0.550 e. The van der Waals surface area contributed by atoms with Crippen LogP contribution < -0.4 is 5.11 Å². The van der Waals surface area contributed by atoms with E-state index >= 15 is 0 Å². The first-order valence-electron chi connectivity index (χ1n) is 3.45. The average Bonchev–Trinajstić information content (AvgIpc) is 1.85. The Morgan fingerprint density at radius 2 is 2.20 bits per heavy atom. The quantitative estimate of drug-likeness (QED) is 0.582. The lowest BCUT2D eigenvalue weighted by atomic mass is 10.00. The average molecular weight is 145 g/mol. The van der Waals surface area contributed by atoms with E-state index in [2.05, 4.69) is 0 Å². The molecule has 0 heterocycles. The van der Waals surface area contributed by atoms with Gasteiger partial charge in [-0.15, -0.1) is 0 Å². The number of hydrogen-bond acceptors (Lipinski definition) is 3. The van der Waals surface area contributed by atoms with Gasteiger partial charge in [0.05, 0.1) is 6.10 Å². The standard InChI is InChI=1S/C7H14O3/c1-3-5(2)6(8)4-7(9)10/h5-6,8H,3-4H2,1-2H3,(H,9,10)/p-1. The Balaban J connectivity index is 3.61. The summed E-state index contributed by atoms with van der Waals surface area (Å²) < 4.78 is 0. The van der Waals surface area contributed by atoms with Crippen molar-refractivity contribution in [1.82, 2.24) is 0 Å². The summed E-state index contributed by atoms with van der Waals surface area (Å²) in [6.45, 7) is 3.72. The molecule has 0 aromatic rings. The lowest BCUT2D eigenvalue weighted by Crippen LogP contribution is -2.30. The molecule has 3 heteroatoms. The fraction of sp³-hybridized carbons (Fsp3) is 0.857. The van der Waals surface area contributed by atoms with Gasteiger partial charge in [0.25, 0.3) is 0 Å². The van der Waals surface area contributed by atoms with Crippen LogP contribution in [0.2, 0.25) is 0 Å². The van der Waals surface area contributed by atoms with Crippen LogP contribution in [0.5, 0.6) is 0 Å². The minimum absolute atomic E-state index is 0.0397. The molecule has 60 valence electrons. The van der Waals surface area contributed by atoms with E-state index in [4.69, 9.17) is 5.11 Å². The van der Waals surface area contributed by atoms with Gasteiger partial charge in [-0.2, -0.15) is 0 Å². The van der Waals surface area contributed by atoms with Gasteiger partial charge >= 0.3 is 0 Å². The maximum atomic E-state index is 9.96. The molecule has 0 radical (unpaired) electrons. The molecular weight excluding hydrogens is 132 g/mol. The number of carbonyl (C=O) groups excluding carboxylic acids is 1. The second-order valence-electron chi connectivity index (χ2n) is 2.53. The maximum Gasteiger partial charge on any atom is 0.0617 e. The summed E-state index contributed by atoms with van der Waals surface area (Å²) in [5.74, 6) is -1.15. The molecule has 3 nitrogen and oxygen atoms in total. The topological polar surface area (TPSA) is 60.4 Å². The highest BCUT2D eigenvalue weighted by Crippen LogP contribution is 2.09. The van der Waals surface area contributed by atoms with Crippen LogP contribution in [0.1, 0.15) is 26.7 Å². The number of rotatable bonds is 4. The highest BCUT2D eigenvalue weighted by molar-refractivity contribution is 5.64. The highest BCUT2D eigenvalue weighted by atomic mass is 16.4. The molecule has 0 aromatic carbocycles. The maximum absolute atomic E-state index is 9.96. The number of hydrogen-bond donors (Lipinski definition) is 1. The molecule has 0 saturated carbocycles. The zero-order chi connectivity index (χ0) is 8.15. The summed E-state index contributed by atoms with van der Waals surface area (Å²) in [6.07, 6.45) is -0.223. The van der Waals surface area contributed by atoms with Gasteiger partial charge in [-0.25, -0.2) is 0 Å². The molecule has 0 amide bonds. The van der Waals surface area contributed by atoms with Crippen molar-refractivity contribution in [3.05, 3.63) is 0 Å². The predicted molar refractivity (Wildman–Crippen MR) is 35.1 cm³/mol. The smallest absolute Gasteiger partial charge is 0.0617 e. The molecule has 0 spiro atoms. The van der Waals surface area contributed by atoms with E-state index in [1.165, 1.54) is 0 Å². The first-order valence-corrected chi connectivity index (χ1v) is 3.45. The van der Waals surface area contributed by atoms with Crippen molar-refractivity contribution in [3.8, 4) is 0 Å². The molecular formula is C7H13O3-. The predicted octanol–water partition coefficient (Wildman–Crippen LogP) is -0.467. The fourth-order valence-electron chi connectivity index (χ4n) is 0.644. The van der Waals surface area contributed by atoms with E-state index in [1.54, 1.807) is 0 Å². The molecule has 0 aliphatic rings. The van der Waals surface area contributed by atoms with Gasteiger partial charge in [0.2, 0.25) is 0 Å². The lowest BCUT2D eigenvalue weighted by Gasteiger charge is -2.16. The van der Waals surface area contributed by atoms with Crippen LogP contribution in [0, 0.1) is 5.92 Å². The molecule has 1 N–H and O–H groups in total. The summed E-state index contributed by atoms with van der Waals surface area (Å²) in [5, 5.41) is 19.0. The third-order valence-corrected chi connectivity index (χ3v) is 1.68. The van der Waals surface area contributed by atoms with Crippen LogP contribution in [-0.4, -0.2) is 17.2 Å². The third-order valence-electron chi connectivity index (χ3n) is 1.68. The second-order valence-corrected chi connectivity index (χ2v) is 2.53. The van der Waals surface area contributed by atoms with Crippen LogP contribution in [-0.2, 0) is 4.79 Å². The third kappa shape index (κ3) is 3.45. The zero-order valence-corrected chi connectivity index (χ0v) is 6.33. The van der Waals surface area contributed by atoms with Crippen LogP contribution in [0.25, 0.3) is 0 Å². The number of aliphatic carboxylic acids is 1. The van der Waals surface area contributed by atoms with Gasteiger partial charge in [-0.3, -0.25) is 0 Å². The Morgan fingerprint density at radius 1 is 1.70 bits per heavy atom.